The van der Waals surface area contributed by atoms with E-state index in [1.807, 2.05) is 50.2 Å². The van der Waals surface area contributed by atoms with Crippen LogP contribution in [0, 0.1) is 11.3 Å². The minimum atomic E-state index is -0.473. The van der Waals surface area contributed by atoms with Crippen LogP contribution in [0.2, 0.25) is 10.0 Å². The van der Waals surface area contributed by atoms with Gasteiger partial charge in [-0.25, -0.2) is 0 Å². The third kappa shape index (κ3) is 4.14. The van der Waals surface area contributed by atoms with E-state index in [2.05, 4.69) is 11.4 Å². The molecule has 21 heavy (non-hydrogen) atoms. The van der Waals surface area contributed by atoms with E-state index in [1.54, 1.807) is 6.07 Å². The van der Waals surface area contributed by atoms with Gasteiger partial charge in [-0.05, 0) is 55.3 Å². The summed E-state index contributed by atoms with van der Waals surface area (Å²) in [5, 5.41) is 13.7. The Labute approximate surface area is 135 Å². The van der Waals surface area contributed by atoms with Crippen LogP contribution in [0.25, 0.3) is 0 Å². The maximum absolute atomic E-state index is 9.13. The fourth-order valence-corrected chi connectivity index (χ4v) is 2.56. The fourth-order valence-electron chi connectivity index (χ4n) is 1.99. The van der Waals surface area contributed by atoms with Gasteiger partial charge in [0.1, 0.15) is 0 Å². The Kier molecular flexibility index (Phi) is 4.77. The normalized spacial score (nSPS) is 11.0. The molecule has 108 valence electrons. The lowest BCUT2D eigenvalue weighted by molar-refractivity contribution is 0.687. The molecular weight excluding hydrogens is 303 g/mol. The summed E-state index contributed by atoms with van der Waals surface area (Å²) < 4.78 is 0. The first kappa shape index (κ1) is 15.7. The summed E-state index contributed by atoms with van der Waals surface area (Å²) in [6.45, 7) is 4.45. The number of hydrogen-bond donors (Lipinski definition) is 1. The third-order valence-corrected chi connectivity index (χ3v) is 3.74. The first-order chi connectivity index (χ1) is 9.90. The standard InChI is InChI=1S/C17H16Cl2N2/c1-17(2,11-20)13-3-5-16(6-4-13)21-10-12-7-14(18)9-15(19)8-12/h3-9,21H,10H2,1-2H3. The van der Waals surface area contributed by atoms with Crippen molar-refractivity contribution in [3.63, 3.8) is 0 Å². The number of halogens is 2. The topological polar surface area (TPSA) is 35.8 Å². The van der Waals surface area contributed by atoms with E-state index in [0.717, 1.165) is 16.8 Å². The van der Waals surface area contributed by atoms with Gasteiger partial charge in [-0.15, -0.1) is 0 Å². The highest BCUT2D eigenvalue weighted by atomic mass is 35.5. The number of nitrogens with zero attached hydrogens (tertiary/aromatic N) is 1. The van der Waals surface area contributed by atoms with Gasteiger partial charge in [-0.1, -0.05) is 35.3 Å². The zero-order valence-corrected chi connectivity index (χ0v) is 13.5. The molecule has 0 aromatic heterocycles. The largest absolute Gasteiger partial charge is 0.381 e. The van der Waals surface area contributed by atoms with Crippen LogP contribution < -0.4 is 5.32 Å². The van der Waals surface area contributed by atoms with Gasteiger partial charge in [0.2, 0.25) is 0 Å². The quantitative estimate of drug-likeness (QED) is 0.818. The second-order valence-electron chi connectivity index (χ2n) is 5.45. The number of rotatable bonds is 4. The number of nitriles is 1. The molecule has 2 aromatic carbocycles. The molecule has 0 unspecified atom stereocenters. The van der Waals surface area contributed by atoms with Crippen molar-refractivity contribution in [3.05, 3.63) is 63.6 Å². The van der Waals surface area contributed by atoms with Gasteiger partial charge >= 0.3 is 0 Å². The van der Waals surface area contributed by atoms with Crippen molar-refractivity contribution in [3.8, 4) is 6.07 Å². The van der Waals surface area contributed by atoms with Crippen LogP contribution >= 0.6 is 23.2 Å². The number of anilines is 1. The van der Waals surface area contributed by atoms with Crippen molar-refractivity contribution in [2.45, 2.75) is 25.8 Å². The van der Waals surface area contributed by atoms with Gasteiger partial charge in [0.25, 0.3) is 0 Å². The maximum Gasteiger partial charge on any atom is 0.0766 e. The number of nitrogens with one attached hydrogen (secondary N) is 1. The van der Waals surface area contributed by atoms with Gasteiger partial charge in [-0.2, -0.15) is 5.26 Å². The molecule has 0 heterocycles. The van der Waals surface area contributed by atoms with Crippen molar-refractivity contribution in [2.24, 2.45) is 0 Å². The van der Waals surface area contributed by atoms with E-state index in [-0.39, 0.29) is 0 Å². The van der Waals surface area contributed by atoms with Crippen LogP contribution in [0.4, 0.5) is 5.69 Å². The molecule has 2 aromatic rings. The summed E-state index contributed by atoms with van der Waals surface area (Å²) in [5.74, 6) is 0. The summed E-state index contributed by atoms with van der Waals surface area (Å²) in [5.41, 5.74) is 2.54. The van der Waals surface area contributed by atoms with E-state index in [9.17, 15) is 0 Å². The van der Waals surface area contributed by atoms with E-state index in [4.69, 9.17) is 28.5 Å². The van der Waals surface area contributed by atoms with Crippen molar-refractivity contribution < 1.29 is 0 Å². The van der Waals surface area contributed by atoms with Crippen LogP contribution in [0.15, 0.2) is 42.5 Å². The summed E-state index contributed by atoms with van der Waals surface area (Å²) >= 11 is 12.0. The average molecular weight is 319 g/mol. The van der Waals surface area contributed by atoms with E-state index >= 15 is 0 Å². The van der Waals surface area contributed by atoms with Gasteiger partial charge in [0, 0.05) is 22.3 Å². The highest BCUT2D eigenvalue weighted by molar-refractivity contribution is 6.34. The minimum absolute atomic E-state index is 0.473. The van der Waals surface area contributed by atoms with E-state index in [1.165, 1.54) is 0 Å². The van der Waals surface area contributed by atoms with Gasteiger partial charge in [-0.3, -0.25) is 0 Å². The minimum Gasteiger partial charge on any atom is -0.381 e. The van der Waals surface area contributed by atoms with E-state index < -0.39 is 5.41 Å². The molecule has 0 aliphatic carbocycles. The predicted octanol–water partition coefficient (Wildman–Crippen LogP) is 5.41. The summed E-state index contributed by atoms with van der Waals surface area (Å²) in [4.78, 5) is 0. The number of benzene rings is 2. The average Bonchev–Trinajstić information content (AvgIpc) is 2.44. The van der Waals surface area contributed by atoms with Crippen LogP contribution in [-0.2, 0) is 12.0 Å². The van der Waals surface area contributed by atoms with Crippen LogP contribution in [-0.4, -0.2) is 0 Å². The Morgan fingerprint density at radius 2 is 1.62 bits per heavy atom. The van der Waals surface area contributed by atoms with Gasteiger partial charge in [0.15, 0.2) is 0 Å². The molecule has 0 bridgehead atoms. The second-order valence-corrected chi connectivity index (χ2v) is 6.32. The third-order valence-electron chi connectivity index (χ3n) is 3.31. The van der Waals surface area contributed by atoms with Crippen molar-refractivity contribution in [1.29, 1.82) is 5.26 Å². The molecule has 0 saturated carbocycles. The SMILES string of the molecule is CC(C)(C#N)c1ccc(NCc2cc(Cl)cc(Cl)c2)cc1. The highest BCUT2D eigenvalue weighted by Crippen LogP contribution is 2.24. The first-order valence-electron chi connectivity index (χ1n) is 6.61. The van der Waals surface area contributed by atoms with Crippen LogP contribution in [0.5, 0.6) is 0 Å². The molecule has 0 atom stereocenters. The summed E-state index contributed by atoms with van der Waals surface area (Å²) in [6, 6.07) is 15.7. The summed E-state index contributed by atoms with van der Waals surface area (Å²) in [7, 11) is 0. The molecule has 0 saturated heterocycles. The Morgan fingerprint density at radius 3 is 2.14 bits per heavy atom. The van der Waals surface area contributed by atoms with Crippen molar-refractivity contribution in [2.75, 3.05) is 5.32 Å². The summed E-state index contributed by atoms with van der Waals surface area (Å²) in [6.07, 6.45) is 0. The Morgan fingerprint density at radius 1 is 1.05 bits per heavy atom. The highest BCUT2D eigenvalue weighted by Gasteiger charge is 2.18. The predicted molar refractivity (Wildman–Crippen MR) is 88.9 cm³/mol. The van der Waals surface area contributed by atoms with Crippen molar-refractivity contribution >= 4 is 28.9 Å². The van der Waals surface area contributed by atoms with Crippen LogP contribution in [0.3, 0.4) is 0 Å². The zero-order chi connectivity index (χ0) is 15.5. The lowest BCUT2D eigenvalue weighted by Gasteiger charge is -2.16. The lowest BCUT2D eigenvalue weighted by Crippen LogP contribution is -2.13. The molecule has 0 fully saturated rings. The smallest absolute Gasteiger partial charge is 0.0766 e. The second kappa shape index (κ2) is 6.39. The molecule has 0 amide bonds. The molecule has 0 aliphatic rings. The maximum atomic E-state index is 9.13. The van der Waals surface area contributed by atoms with Crippen LogP contribution in [0.1, 0.15) is 25.0 Å². The first-order valence-corrected chi connectivity index (χ1v) is 7.37. The molecule has 4 heteroatoms. The number of hydrogen-bond acceptors (Lipinski definition) is 2. The van der Waals surface area contributed by atoms with E-state index in [0.29, 0.717) is 16.6 Å². The fraction of sp³-hybridized carbons (Fsp3) is 0.235. The molecule has 2 nitrogen and oxygen atoms in total. The Bertz CT molecular complexity index is 650. The van der Waals surface area contributed by atoms with Gasteiger partial charge < -0.3 is 5.32 Å². The lowest BCUT2D eigenvalue weighted by atomic mass is 9.86. The Hall–Kier alpha value is -1.69. The molecule has 0 radical (unpaired) electrons. The monoisotopic (exact) mass is 318 g/mol. The Balaban J connectivity index is 2.06. The molecule has 0 spiro atoms. The molecule has 1 N–H and O–H groups in total. The molecule has 2 rings (SSSR count). The van der Waals surface area contributed by atoms with Gasteiger partial charge in [0.05, 0.1) is 11.5 Å². The van der Waals surface area contributed by atoms with Crippen molar-refractivity contribution in [1.82, 2.24) is 0 Å². The molecule has 0 aliphatic heterocycles. The zero-order valence-electron chi connectivity index (χ0n) is 12.0. The molecular formula is C17H16Cl2N2.